The first-order valence-electron chi connectivity index (χ1n) is 6.61. The van der Waals surface area contributed by atoms with Crippen molar-refractivity contribution in [3.63, 3.8) is 0 Å². The van der Waals surface area contributed by atoms with E-state index in [1.54, 1.807) is 12.4 Å². The molecule has 0 unspecified atom stereocenters. The monoisotopic (exact) mass is 275 g/mol. The summed E-state index contributed by atoms with van der Waals surface area (Å²) in [6.07, 6.45) is 3.55. The van der Waals surface area contributed by atoms with Gasteiger partial charge in [0.2, 0.25) is 5.89 Å². The second-order valence-electron chi connectivity index (χ2n) is 5.79. The Morgan fingerprint density at radius 1 is 1.20 bits per heavy atom. The largest absolute Gasteiger partial charge is 0.407 e. The molecule has 6 nitrogen and oxygen atoms in total. The van der Waals surface area contributed by atoms with Gasteiger partial charge in [-0.1, -0.05) is 5.10 Å². The number of nitrogens with zero attached hydrogens (tertiary/aromatic N) is 4. The lowest BCUT2D eigenvalue weighted by Crippen LogP contribution is -2.35. The molecule has 1 N–H and O–H groups in total. The highest BCUT2D eigenvalue weighted by Gasteiger charge is 2.14. The van der Waals surface area contributed by atoms with Crippen molar-refractivity contribution in [2.24, 2.45) is 0 Å². The van der Waals surface area contributed by atoms with Crippen LogP contribution in [-0.4, -0.2) is 27.8 Å². The molecule has 108 valence electrons. The Bertz CT molecular complexity index is 532. The SMILES string of the molecule is CN(Cc1ccncc1)c1nnc(CNC(C)(C)C)o1. The summed E-state index contributed by atoms with van der Waals surface area (Å²) < 4.78 is 5.64. The molecule has 0 amide bonds. The van der Waals surface area contributed by atoms with Gasteiger partial charge in [-0.3, -0.25) is 4.98 Å². The molecule has 0 saturated carbocycles. The molecule has 0 aliphatic heterocycles. The third kappa shape index (κ3) is 4.31. The Morgan fingerprint density at radius 2 is 1.90 bits per heavy atom. The molecule has 2 aromatic heterocycles. The molecule has 0 aromatic carbocycles. The van der Waals surface area contributed by atoms with Gasteiger partial charge in [-0.2, -0.15) is 0 Å². The van der Waals surface area contributed by atoms with Crippen LogP contribution in [0.25, 0.3) is 0 Å². The molecule has 6 heteroatoms. The molecule has 2 rings (SSSR count). The van der Waals surface area contributed by atoms with Crippen molar-refractivity contribution in [3.8, 4) is 0 Å². The van der Waals surface area contributed by atoms with Crippen LogP contribution in [0.5, 0.6) is 0 Å². The number of hydrogen-bond donors (Lipinski definition) is 1. The average Bonchev–Trinajstić information content (AvgIpc) is 2.86. The van der Waals surface area contributed by atoms with Crippen LogP contribution in [0.2, 0.25) is 0 Å². The first-order valence-corrected chi connectivity index (χ1v) is 6.61. The molecule has 0 fully saturated rings. The van der Waals surface area contributed by atoms with Crippen LogP contribution in [0, 0.1) is 0 Å². The number of rotatable bonds is 5. The summed E-state index contributed by atoms with van der Waals surface area (Å²) in [5.41, 5.74) is 1.17. The van der Waals surface area contributed by atoms with Crippen molar-refractivity contribution >= 4 is 6.01 Å². The van der Waals surface area contributed by atoms with Gasteiger partial charge < -0.3 is 14.6 Å². The Hall–Kier alpha value is -1.95. The van der Waals surface area contributed by atoms with Crippen LogP contribution in [0.4, 0.5) is 6.01 Å². The molecule has 0 spiro atoms. The first-order chi connectivity index (χ1) is 9.44. The van der Waals surface area contributed by atoms with E-state index >= 15 is 0 Å². The molecular formula is C14H21N5O. The highest BCUT2D eigenvalue weighted by atomic mass is 16.4. The summed E-state index contributed by atoms with van der Waals surface area (Å²) in [6, 6.07) is 4.46. The Morgan fingerprint density at radius 3 is 2.55 bits per heavy atom. The molecule has 0 aliphatic rings. The number of hydrogen-bond acceptors (Lipinski definition) is 6. The summed E-state index contributed by atoms with van der Waals surface area (Å²) in [6.45, 7) is 7.57. The first kappa shape index (κ1) is 14.5. The molecule has 2 aromatic rings. The Kier molecular flexibility index (Phi) is 4.34. The summed E-state index contributed by atoms with van der Waals surface area (Å²) in [5.74, 6) is 0.594. The zero-order valence-electron chi connectivity index (χ0n) is 12.4. The van der Waals surface area contributed by atoms with E-state index in [1.165, 1.54) is 0 Å². The van der Waals surface area contributed by atoms with E-state index in [-0.39, 0.29) is 5.54 Å². The van der Waals surface area contributed by atoms with Gasteiger partial charge in [0.05, 0.1) is 6.54 Å². The van der Waals surface area contributed by atoms with E-state index in [1.807, 2.05) is 24.1 Å². The van der Waals surface area contributed by atoms with Crippen LogP contribution in [0.1, 0.15) is 32.2 Å². The molecule has 0 radical (unpaired) electrons. The normalized spacial score (nSPS) is 11.6. The topological polar surface area (TPSA) is 67.1 Å². The van der Waals surface area contributed by atoms with Crippen molar-refractivity contribution in [1.82, 2.24) is 20.5 Å². The van der Waals surface area contributed by atoms with Crippen LogP contribution >= 0.6 is 0 Å². The zero-order chi connectivity index (χ0) is 14.6. The fourth-order valence-corrected chi connectivity index (χ4v) is 1.64. The van der Waals surface area contributed by atoms with Gasteiger partial charge in [0, 0.05) is 31.5 Å². The summed E-state index contributed by atoms with van der Waals surface area (Å²) in [4.78, 5) is 5.92. The second kappa shape index (κ2) is 6.00. The lowest BCUT2D eigenvalue weighted by Gasteiger charge is -2.18. The maximum atomic E-state index is 5.64. The molecule has 0 saturated heterocycles. The van der Waals surface area contributed by atoms with Crippen molar-refractivity contribution in [2.75, 3.05) is 11.9 Å². The van der Waals surface area contributed by atoms with E-state index in [0.717, 1.165) is 5.56 Å². The molecule has 20 heavy (non-hydrogen) atoms. The smallest absolute Gasteiger partial charge is 0.318 e. The quantitative estimate of drug-likeness (QED) is 0.900. The van der Waals surface area contributed by atoms with E-state index in [0.29, 0.717) is 25.0 Å². The lowest BCUT2D eigenvalue weighted by atomic mass is 10.1. The third-order valence-corrected chi connectivity index (χ3v) is 2.72. The van der Waals surface area contributed by atoms with Crippen LogP contribution in [0.15, 0.2) is 28.9 Å². The maximum absolute atomic E-state index is 5.64. The van der Waals surface area contributed by atoms with E-state index in [4.69, 9.17) is 4.42 Å². The van der Waals surface area contributed by atoms with E-state index in [2.05, 4.69) is 41.3 Å². The minimum Gasteiger partial charge on any atom is -0.407 e. The second-order valence-corrected chi connectivity index (χ2v) is 5.79. The van der Waals surface area contributed by atoms with Gasteiger partial charge in [0.25, 0.3) is 0 Å². The lowest BCUT2D eigenvalue weighted by molar-refractivity contribution is 0.381. The van der Waals surface area contributed by atoms with Gasteiger partial charge >= 0.3 is 6.01 Å². The average molecular weight is 275 g/mol. The predicted molar refractivity (Wildman–Crippen MR) is 77.2 cm³/mol. The van der Waals surface area contributed by atoms with Crippen LogP contribution in [0.3, 0.4) is 0 Å². The van der Waals surface area contributed by atoms with Crippen LogP contribution in [-0.2, 0) is 13.1 Å². The third-order valence-electron chi connectivity index (χ3n) is 2.72. The number of anilines is 1. The standard InChI is InChI=1S/C14H21N5O/c1-14(2,3)16-9-12-17-18-13(20-12)19(4)10-11-5-7-15-8-6-11/h5-8,16H,9-10H2,1-4H3. The highest BCUT2D eigenvalue weighted by molar-refractivity contribution is 5.25. The molecule has 0 bridgehead atoms. The minimum atomic E-state index is 0.0254. The summed E-state index contributed by atoms with van der Waals surface area (Å²) in [7, 11) is 1.93. The van der Waals surface area contributed by atoms with Crippen molar-refractivity contribution < 1.29 is 4.42 Å². The Balaban J connectivity index is 1.94. The van der Waals surface area contributed by atoms with Gasteiger partial charge in [-0.05, 0) is 38.5 Å². The molecule has 0 atom stereocenters. The molecule has 0 aliphatic carbocycles. The number of nitrogens with one attached hydrogen (secondary N) is 1. The van der Waals surface area contributed by atoms with Gasteiger partial charge in [0.15, 0.2) is 0 Å². The van der Waals surface area contributed by atoms with Gasteiger partial charge in [-0.15, -0.1) is 5.10 Å². The predicted octanol–water partition coefficient (Wildman–Crippen LogP) is 1.99. The minimum absolute atomic E-state index is 0.0254. The summed E-state index contributed by atoms with van der Waals surface area (Å²) >= 11 is 0. The summed E-state index contributed by atoms with van der Waals surface area (Å²) in [5, 5.41) is 11.4. The van der Waals surface area contributed by atoms with Gasteiger partial charge in [-0.25, -0.2) is 0 Å². The van der Waals surface area contributed by atoms with Crippen molar-refractivity contribution in [2.45, 2.75) is 39.4 Å². The van der Waals surface area contributed by atoms with Crippen molar-refractivity contribution in [1.29, 1.82) is 0 Å². The number of aromatic nitrogens is 3. The zero-order valence-corrected chi connectivity index (χ0v) is 12.4. The Labute approximate surface area is 119 Å². The van der Waals surface area contributed by atoms with E-state index in [9.17, 15) is 0 Å². The van der Waals surface area contributed by atoms with E-state index < -0.39 is 0 Å². The fourth-order valence-electron chi connectivity index (χ4n) is 1.64. The fraction of sp³-hybridized carbons (Fsp3) is 0.500. The molecular weight excluding hydrogens is 254 g/mol. The highest BCUT2D eigenvalue weighted by Crippen LogP contribution is 2.14. The maximum Gasteiger partial charge on any atom is 0.318 e. The van der Waals surface area contributed by atoms with Crippen molar-refractivity contribution in [3.05, 3.63) is 36.0 Å². The number of pyridine rings is 1. The van der Waals surface area contributed by atoms with Crippen LogP contribution < -0.4 is 10.2 Å². The molecule has 2 heterocycles. The van der Waals surface area contributed by atoms with Gasteiger partial charge in [0.1, 0.15) is 0 Å².